The molecule has 0 spiro atoms. The topological polar surface area (TPSA) is 65.0 Å². The summed E-state index contributed by atoms with van der Waals surface area (Å²) in [4.78, 5) is 16.5. The molecule has 0 fully saturated rings. The molecule has 0 saturated carbocycles. The van der Waals surface area contributed by atoms with Gasteiger partial charge in [-0.1, -0.05) is 182 Å². The van der Waals surface area contributed by atoms with E-state index in [0.29, 0.717) is 28.6 Å². The second-order valence-electron chi connectivity index (χ2n) is 16.7. The predicted molar refractivity (Wildman–Crippen MR) is 270 cm³/mol. The van der Waals surface area contributed by atoms with E-state index in [1.807, 2.05) is 48.5 Å². The standard InChI is InChI=1S/C61H37N3O2/c1-3-17-38(18-4-1)41-23-13-24-42(35-41)52-36-43(39-19-5-2-6-20-39)37-53(45-28-14-22-40-21-7-8-25-44(40)45)56(52)61-63-59(50-31-15-29-48-46-26-9-11-33-54(46)65-57(48)50)62-60(64-61)51-32-16-30-49-47-27-10-12-34-55(47)66-58(49)51/h1-37H. The van der Waals surface area contributed by atoms with E-state index in [1.165, 1.54) is 0 Å². The molecule has 0 N–H and O–H groups in total. The fourth-order valence-corrected chi connectivity index (χ4v) is 9.65. The Hall–Kier alpha value is -8.93. The van der Waals surface area contributed by atoms with Crippen LogP contribution in [-0.2, 0) is 0 Å². The molecule has 13 aromatic rings. The lowest BCUT2D eigenvalue weighted by atomic mass is 9.85. The monoisotopic (exact) mass is 843 g/mol. The van der Waals surface area contributed by atoms with Gasteiger partial charge in [-0.05, 0) is 97.7 Å². The van der Waals surface area contributed by atoms with Crippen LogP contribution in [0.1, 0.15) is 0 Å². The molecule has 3 aromatic heterocycles. The zero-order chi connectivity index (χ0) is 43.6. The highest BCUT2D eigenvalue weighted by Gasteiger charge is 2.25. The summed E-state index contributed by atoms with van der Waals surface area (Å²) in [5.74, 6) is 1.51. The lowest BCUT2D eigenvalue weighted by Crippen LogP contribution is -2.03. The Kier molecular flexibility index (Phi) is 8.78. The molecule has 5 heteroatoms. The smallest absolute Gasteiger partial charge is 0.167 e. The minimum absolute atomic E-state index is 0.493. The average Bonchev–Trinajstić information content (AvgIpc) is 3.97. The summed E-state index contributed by atoms with van der Waals surface area (Å²) >= 11 is 0. The van der Waals surface area contributed by atoms with Crippen molar-refractivity contribution in [3.63, 3.8) is 0 Å². The lowest BCUT2D eigenvalue weighted by Gasteiger charge is -2.20. The third kappa shape index (κ3) is 6.28. The minimum atomic E-state index is 0.493. The zero-order valence-electron chi connectivity index (χ0n) is 35.5. The van der Waals surface area contributed by atoms with Crippen molar-refractivity contribution in [3.8, 4) is 78.7 Å². The number of nitrogens with zero attached hydrogens (tertiary/aromatic N) is 3. The molecule has 0 radical (unpaired) electrons. The summed E-state index contributed by atoms with van der Waals surface area (Å²) in [6.45, 7) is 0. The first-order valence-corrected chi connectivity index (χ1v) is 22.2. The molecule has 308 valence electrons. The zero-order valence-corrected chi connectivity index (χ0v) is 35.5. The SMILES string of the molecule is c1ccc(-c2cccc(-c3cc(-c4ccccc4)cc(-c4cccc5ccccc45)c3-c3nc(-c4cccc5c4oc4ccccc45)nc(-c4cccc5c4oc4ccccc45)n3)c2)cc1. The van der Waals surface area contributed by atoms with Gasteiger partial charge in [-0.15, -0.1) is 0 Å². The molecular formula is C61H37N3O2. The maximum absolute atomic E-state index is 6.67. The van der Waals surface area contributed by atoms with Crippen LogP contribution in [-0.4, -0.2) is 15.0 Å². The van der Waals surface area contributed by atoms with Gasteiger partial charge in [0, 0.05) is 27.1 Å². The number of aromatic nitrogens is 3. The summed E-state index contributed by atoms with van der Waals surface area (Å²) in [6.07, 6.45) is 0. The molecule has 13 rings (SSSR count). The Morgan fingerprint density at radius 3 is 1.35 bits per heavy atom. The normalized spacial score (nSPS) is 11.6. The van der Waals surface area contributed by atoms with Gasteiger partial charge in [0.2, 0.25) is 0 Å². The first kappa shape index (κ1) is 37.6. The van der Waals surface area contributed by atoms with E-state index in [9.17, 15) is 0 Å². The van der Waals surface area contributed by atoms with Gasteiger partial charge in [0.1, 0.15) is 22.3 Å². The van der Waals surface area contributed by atoms with Crippen LogP contribution in [0.25, 0.3) is 133 Å². The van der Waals surface area contributed by atoms with Crippen LogP contribution in [0.4, 0.5) is 0 Å². The van der Waals surface area contributed by atoms with E-state index in [2.05, 4.69) is 176 Å². The summed E-state index contributed by atoms with van der Waals surface area (Å²) in [6, 6.07) is 78.3. The van der Waals surface area contributed by atoms with Gasteiger partial charge in [0.05, 0.1) is 11.1 Å². The van der Waals surface area contributed by atoms with Crippen molar-refractivity contribution in [2.45, 2.75) is 0 Å². The lowest BCUT2D eigenvalue weighted by molar-refractivity contribution is 0.669. The highest BCUT2D eigenvalue weighted by Crippen LogP contribution is 2.46. The fourth-order valence-electron chi connectivity index (χ4n) is 9.65. The fraction of sp³-hybridized carbons (Fsp3) is 0. The number of benzene rings is 10. The molecule has 0 aliphatic rings. The van der Waals surface area contributed by atoms with Gasteiger partial charge in [-0.25, -0.2) is 15.0 Å². The molecule has 10 aromatic carbocycles. The van der Waals surface area contributed by atoms with E-state index in [4.69, 9.17) is 23.8 Å². The summed E-state index contributed by atoms with van der Waals surface area (Å²) in [5, 5.41) is 6.33. The largest absolute Gasteiger partial charge is 0.455 e. The summed E-state index contributed by atoms with van der Waals surface area (Å²) in [5.41, 5.74) is 14.0. The number of rotatable bonds is 7. The third-order valence-electron chi connectivity index (χ3n) is 12.8. The summed E-state index contributed by atoms with van der Waals surface area (Å²) in [7, 11) is 0. The van der Waals surface area contributed by atoms with Crippen LogP contribution in [0.2, 0.25) is 0 Å². The van der Waals surface area contributed by atoms with E-state index in [1.54, 1.807) is 0 Å². The minimum Gasteiger partial charge on any atom is -0.455 e. The predicted octanol–water partition coefficient (Wildman–Crippen LogP) is 16.5. The van der Waals surface area contributed by atoms with Gasteiger partial charge in [-0.2, -0.15) is 0 Å². The number of para-hydroxylation sites is 4. The summed E-state index contributed by atoms with van der Waals surface area (Å²) < 4.78 is 13.3. The van der Waals surface area contributed by atoms with Crippen molar-refractivity contribution < 1.29 is 8.83 Å². The molecule has 0 bridgehead atoms. The van der Waals surface area contributed by atoms with E-state index < -0.39 is 0 Å². The van der Waals surface area contributed by atoms with Crippen molar-refractivity contribution in [1.82, 2.24) is 15.0 Å². The molecule has 0 amide bonds. The Balaban J connectivity index is 1.17. The van der Waals surface area contributed by atoms with E-state index in [-0.39, 0.29) is 0 Å². The Bertz CT molecular complexity index is 3860. The number of furan rings is 2. The molecule has 5 nitrogen and oxygen atoms in total. The second-order valence-corrected chi connectivity index (χ2v) is 16.7. The Morgan fingerprint density at radius 2 is 0.697 bits per heavy atom. The maximum atomic E-state index is 6.67. The van der Waals surface area contributed by atoms with Crippen LogP contribution in [0.5, 0.6) is 0 Å². The molecule has 0 aliphatic heterocycles. The number of hydrogen-bond acceptors (Lipinski definition) is 5. The Morgan fingerprint density at radius 1 is 0.258 bits per heavy atom. The molecule has 0 atom stereocenters. The van der Waals surface area contributed by atoms with Crippen LogP contribution < -0.4 is 0 Å². The van der Waals surface area contributed by atoms with Gasteiger partial charge in [0.15, 0.2) is 17.5 Å². The van der Waals surface area contributed by atoms with Crippen molar-refractivity contribution in [2.24, 2.45) is 0 Å². The maximum Gasteiger partial charge on any atom is 0.167 e. The molecule has 0 aliphatic carbocycles. The highest BCUT2D eigenvalue weighted by atomic mass is 16.3. The van der Waals surface area contributed by atoms with Gasteiger partial charge in [-0.3, -0.25) is 0 Å². The van der Waals surface area contributed by atoms with Crippen LogP contribution in [0, 0.1) is 0 Å². The number of fused-ring (bicyclic) bond motifs is 7. The first-order chi connectivity index (χ1) is 32.7. The molecule has 0 saturated heterocycles. The van der Waals surface area contributed by atoms with Crippen molar-refractivity contribution in [1.29, 1.82) is 0 Å². The van der Waals surface area contributed by atoms with Crippen molar-refractivity contribution >= 4 is 54.6 Å². The van der Waals surface area contributed by atoms with Gasteiger partial charge >= 0.3 is 0 Å². The third-order valence-corrected chi connectivity index (χ3v) is 12.8. The molecule has 3 heterocycles. The van der Waals surface area contributed by atoms with Crippen LogP contribution >= 0.6 is 0 Å². The van der Waals surface area contributed by atoms with Crippen LogP contribution in [0.3, 0.4) is 0 Å². The molecule has 0 unspecified atom stereocenters. The number of hydrogen-bond donors (Lipinski definition) is 0. The Labute approximate surface area is 379 Å². The first-order valence-electron chi connectivity index (χ1n) is 22.2. The van der Waals surface area contributed by atoms with Crippen molar-refractivity contribution in [2.75, 3.05) is 0 Å². The van der Waals surface area contributed by atoms with Gasteiger partial charge in [0.25, 0.3) is 0 Å². The average molecular weight is 844 g/mol. The van der Waals surface area contributed by atoms with E-state index in [0.717, 1.165) is 105 Å². The molecular weight excluding hydrogens is 807 g/mol. The van der Waals surface area contributed by atoms with Crippen molar-refractivity contribution in [3.05, 3.63) is 224 Å². The molecule has 66 heavy (non-hydrogen) atoms. The highest BCUT2D eigenvalue weighted by molar-refractivity contribution is 6.11. The second kappa shape index (κ2) is 15.4. The quantitative estimate of drug-likeness (QED) is 0.160. The van der Waals surface area contributed by atoms with Gasteiger partial charge < -0.3 is 8.83 Å². The van der Waals surface area contributed by atoms with Crippen LogP contribution in [0.15, 0.2) is 233 Å². The van der Waals surface area contributed by atoms with E-state index >= 15 is 0 Å².